The quantitative estimate of drug-likeness (QED) is 0.0610. The SMILES string of the molecule is [Cr+3].[H+].[H+].[H+].[NH-]c1ccc2c(S(=O)(=O)[O-])cccc2c1N=Nc1ccc([N+](=O)[O-])cc1[O-].[NH-]c1ccc2c(S(=O)(=O)[O-])cccc2c1N=Nc1ccc([N+](=O)[O-])cc1[O-]. The summed E-state index contributed by atoms with van der Waals surface area (Å²) in [4.78, 5) is 19.0. The van der Waals surface area contributed by atoms with Gasteiger partial charge in [-0.3, -0.25) is 20.2 Å². The minimum Gasteiger partial charge on any atom is -0.871 e. The van der Waals surface area contributed by atoms with Crippen LogP contribution in [-0.4, -0.2) is 35.8 Å². The first-order chi connectivity index (χ1) is 25.4. The van der Waals surface area contributed by atoms with Gasteiger partial charge in [-0.05, 0) is 24.3 Å². The zero-order valence-corrected chi connectivity index (χ0v) is 30.0. The molecule has 0 bridgehead atoms. The summed E-state index contributed by atoms with van der Waals surface area (Å²) >= 11 is 0. The van der Waals surface area contributed by atoms with E-state index in [0.717, 1.165) is 48.5 Å². The van der Waals surface area contributed by atoms with E-state index in [0.29, 0.717) is 0 Å². The number of nitrogens with zero attached hydrogens (tertiary/aromatic N) is 6. The zero-order chi connectivity index (χ0) is 39.5. The van der Waals surface area contributed by atoms with Gasteiger partial charge in [0.05, 0.1) is 42.4 Å². The van der Waals surface area contributed by atoms with Gasteiger partial charge in [0.2, 0.25) is 0 Å². The van der Waals surface area contributed by atoms with Crippen molar-refractivity contribution in [1.82, 2.24) is 0 Å². The third-order valence-corrected chi connectivity index (χ3v) is 9.14. The molecule has 0 spiro atoms. The summed E-state index contributed by atoms with van der Waals surface area (Å²) in [5.41, 5.74) is 14.4. The molecule has 0 aromatic heterocycles. The second-order valence-corrected chi connectivity index (χ2v) is 13.4. The van der Waals surface area contributed by atoms with Crippen molar-refractivity contribution in [3.05, 3.63) is 129 Å². The molecule has 0 heterocycles. The summed E-state index contributed by atoms with van der Waals surface area (Å²) in [5.74, 6) is -1.47. The van der Waals surface area contributed by atoms with Gasteiger partial charge < -0.3 is 30.8 Å². The van der Waals surface area contributed by atoms with Crippen LogP contribution < -0.4 is 10.2 Å². The van der Waals surface area contributed by atoms with Crippen molar-refractivity contribution in [3.63, 3.8) is 0 Å². The minimum absolute atomic E-state index is 0. The molecule has 23 heteroatoms. The van der Waals surface area contributed by atoms with E-state index in [1.807, 2.05) is 0 Å². The standard InChI is InChI=1S/2C16H11N4O6S.Cr/c2*17-12-6-5-10-11(2-1-3-15(10)27(24,25)26)16(12)19-18-13-7-4-9(20(22)23)8-14(13)21;/h2*1-8H,(H3-,17,18,19,21,24,25,26);/q2*-1;+3/p-1. The number of nitro benzene ring substituents is 2. The van der Waals surface area contributed by atoms with Gasteiger partial charge in [-0.2, -0.15) is 20.5 Å². The Hall–Kier alpha value is -6.61. The van der Waals surface area contributed by atoms with Crippen LogP contribution in [0.3, 0.4) is 0 Å². The Morgan fingerprint density at radius 2 is 0.891 bits per heavy atom. The number of rotatable bonds is 8. The van der Waals surface area contributed by atoms with Crippen LogP contribution in [0.5, 0.6) is 11.5 Å². The Balaban J connectivity index is 0.000000543. The van der Waals surface area contributed by atoms with E-state index in [9.17, 15) is 56.4 Å². The van der Waals surface area contributed by atoms with Crippen LogP contribution in [-0.2, 0) is 37.6 Å². The third kappa shape index (κ3) is 9.13. The predicted octanol–water partition coefficient (Wildman–Crippen LogP) is 7.98. The summed E-state index contributed by atoms with van der Waals surface area (Å²) in [6.07, 6.45) is 0. The van der Waals surface area contributed by atoms with E-state index in [-0.39, 0.29) is 77.3 Å². The van der Waals surface area contributed by atoms with Gasteiger partial charge >= 0.3 is 21.6 Å². The summed E-state index contributed by atoms with van der Waals surface area (Å²) in [6, 6.07) is 19.0. The number of hydrogen-bond acceptors (Lipinski definition) is 16. The van der Waals surface area contributed by atoms with Crippen LogP contribution in [0.4, 0.5) is 45.5 Å². The maximum absolute atomic E-state index is 11.9. The summed E-state index contributed by atoms with van der Waals surface area (Å²) < 4.78 is 68.4. The van der Waals surface area contributed by atoms with E-state index in [1.54, 1.807) is 0 Å². The summed E-state index contributed by atoms with van der Waals surface area (Å²) in [5, 5.41) is 60.7. The first-order valence-corrected chi connectivity index (χ1v) is 17.4. The van der Waals surface area contributed by atoms with Crippen LogP contribution in [0.1, 0.15) is 4.28 Å². The van der Waals surface area contributed by atoms with Crippen molar-refractivity contribution in [2.45, 2.75) is 9.79 Å². The van der Waals surface area contributed by atoms with Gasteiger partial charge in [0.1, 0.15) is 20.2 Å². The van der Waals surface area contributed by atoms with Crippen LogP contribution in [0.2, 0.25) is 0 Å². The Morgan fingerprint density at radius 1 is 0.527 bits per heavy atom. The van der Waals surface area contributed by atoms with E-state index >= 15 is 0 Å². The fourth-order valence-electron chi connectivity index (χ4n) is 4.88. The molecular formula is C32H21CrN8O12S2. The molecule has 0 fully saturated rings. The molecule has 0 aliphatic rings. The van der Waals surface area contributed by atoms with Gasteiger partial charge in [0.25, 0.3) is 11.4 Å². The number of nitro groups is 2. The Morgan fingerprint density at radius 3 is 1.20 bits per heavy atom. The molecule has 0 saturated heterocycles. The van der Waals surface area contributed by atoms with Gasteiger partial charge in [-0.25, -0.2) is 16.8 Å². The number of nitrogens with one attached hydrogen (secondary N) is 2. The Kier molecular flexibility index (Phi) is 12.1. The van der Waals surface area contributed by atoms with E-state index in [2.05, 4.69) is 20.5 Å². The van der Waals surface area contributed by atoms with Gasteiger partial charge in [0, 0.05) is 45.8 Å². The van der Waals surface area contributed by atoms with Crippen LogP contribution in [0.15, 0.2) is 127 Å². The molecule has 1 radical (unpaired) electrons. The third-order valence-electron chi connectivity index (χ3n) is 7.35. The molecule has 2 N–H and O–H groups in total. The minimum atomic E-state index is -4.74. The van der Waals surface area contributed by atoms with Gasteiger partial charge in [0.15, 0.2) is 0 Å². The van der Waals surface area contributed by atoms with Gasteiger partial charge in [-0.15, -0.1) is 11.4 Å². The van der Waals surface area contributed by atoms with Crippen molar-refractivity contribution >= 4 is 87.3 Å². The molecule has 0 aliphatic heterocycles. The average molecular weight is 826 g/mol. The van der Waals surface area contributed by atoms with E-state index < -0.39 is 62.7 Å². The van der Waals surface area contributed by atoms with Crippen molar-refractivity contribution in [2.24, 2.45) is 20.5 Å². The molecule has 0 aliphatic carbocycles. The zero-order valence-electron chi connectivity index (χ0n) is 30.0. The van der Waals surface area contributed by atoms with Crippen LogP contribution in [0, 0.1) is 20.2 Å². The van der Waals surface area contributed by atoms with Crippen LogP contribution in [0.25, 0.3) is 33.0 Å². The second-order valence-electron chi connectivity index (χ2n) is 10.8. The molecule has 6 rings (SSSR count). The predicted molar refractivity (Wildman–Crippen MR) is 189 cm³/mol. The summed E-state index contributed by atoms with van der Waals surface area (Å²) in [6.45, 7) is 0. The second kappa shape index (κ2) is 16.2. The largest absolute Gasteiger partial charge is 3.00 e. The number of hydrogen-bond donors (Lipinski definition) is 0. The smallest absolute Gasteiger partial charge is 0.871 e. The molecular weight excluding hydrogens is 805 g/mol. The maximum atomic E-state index is 11.9. The molecule has 0 saturated carbocycles. The fourth-order valence-corrected chi connectivity index (χ4v) is 6.27. The number of benzene rings is 6. The van der Waals surface area contributed by atoms with Gasteiger partial charge in [-0.1, -0.05) is 60.0 Å². The first-order valence-electron chi connectivity index (χ1n) is 14.6. The molecule has 6 aromatic carbocycles. The molecule has 0 unspecified atom stereocenters. The van der Waals surface area contributed by atoms with E-state index in [4.69, 9.17) is 11.5 Å². The normalized spacial score (nSPS) is 11.7. The molecule has 6 aromatic rings. The summed E-state index contributed by atoms with van der Waals surface area (Å²) in [7, 11) is -9.49. The maximum Gasteiger partial charge on any atom is 3.00 e. The monoisotopic (exact) mass is 825 g/mol. The molecule has 20 nitrogen and oxygen atoms in total. The Labute approximate surface area is 324 Å². The van der Waals surface area contributed by atoms with E-state index in [1.165, 1.54) is 48.5 Å². The molecule has 0 amide bonds. The number of azo groups is 2. The number of fused-ring (bicyclic) bond motifs is 2. The van der Waals surface area contributed by atoms with Crippen molar-refractivity contribution < 1.29 is 67.6 Å². The van der Waals surface area contributed by atoms with Crippen LogP contribution >= 0.6 is 0 Å². The molecule has 0 atom stereocenters. The molecule has 55 heavy (non-hydrogen) atoms. The Bertz CT molecular complexity index is 2630. The fraction of sp³-hybridized carbons (Fsp3) is 0. The first kappa shape index (κ1) is 41.2. The van der Waals surface area contributed by atoms with Crippen molar-refractivity contribution in [1.29, 1.82) is 0 Å². The topological polar surface area (TPSA) is 344 Å². The van der Waals surface area contributed by atoms with Crippen molar-refractivity contribution in [3.8, 4) is 11.5 Å². The van der Waals surface area contributed by atoms with Crippen molar-refractivity contribution in [2.75, 3.05) is 0 Å². The number of non-ortho nitro benzene ring substituents is 2. The molecule has 279 valence electrons. The average Bonchev–Trinajstić information content (AvgIpc) is 3.10.